The number of carbonyl (C=O) groups excluding carboxylic acids is 2. The number of ether oxygens (including phenoxy) is 2. The highest BCUT2D eigenvalue weighted by Crippen LogP contribution is 2.45. The number of urea groups is 1. The molecule has 1 aromatic carbocycles. The van der Waals surface area contributed by atoms with Gasteiger partial charge in [-0.2, -0.15) is 13.2 Å². The zero-order valence-electron chi connectivity index (χ0n) is 16.2. The van der Waals surface area contributed by atoms with Gasteiger partial charge in [-0.1, -0.05) is 24.8 Å². The molecule has 1 aromatic heterocycles. The largest absolute Gasteiger partial charge is 0.493 e. The van der Waals surface area contributed by atoms with Gasteiger partial charge in [-0.05, 0) is 29.1 Å². The van der Waals surface area contributed by atoms with Crippen molar-refractivity contribution in [2.45, 2.75) is 17.9 Å². The van der Waals surface area contributed by atoms with Gasteiger partial charge in [0.1, 0.15) is 12.5 Å². The number of thiophene rings is 1. The third kappa shape index (κ3) is 4.23. The second-order valence-corrected chi connectivity index (χ2v) is 7.62. The monoisotopic (exact) mass is 456 g/mol. The number of hydrogen-bond acceptors (Lipinski definition) is 6. The van der Waals surface area contributed by atoms with E-state index in [2.05, 4.69) is 11.9 Å². The summed E-state index contributed by atoms with van der Waals surface area (Å²) >= 11 is 0.931. The van der Waals surface area contributed by atoms with E-state index >= 15 is 0 Å². The second-order valence-electron chi connectivity index (χ2n) is 6.67. The van der Waals surface area contributed by atoms with E-state index in [-0.39, 0.29) is 22.8 Å². The lowest BCUT2D eigenvalue weighted by Crippen LogP contribution is -2.72. The molecule has 1 aliphatic heterocycles. The van der Waals surface area contributed by atoms with E-state index in [1.54, 1.807) is 0 Å². The van der Waals surface area contributed by atoms with Crippen molar-refractivity contribution in [3.63, 3.8) is 0 Å². The first-order valence-electron chi connectivity index (χ1n) is 8.99. The van der Waals surface area contributed by atoms with E-state index < -0.39 is 35.7 Å². The Morgan fingerprint density at radius 3 is 2.68 bits per heavy atom. The molecule has 2 aromatic rings. The van der Waals surface area contributed by atoms with E-state index in [0.29, 0.717) is 5.75 Å². The maximum absolute atomic E-state index is 13.9. The predicted molar refractivity (Wildman–Crippen MR) is 106 cm³/mol. The number of rotatable bonds is 7. The highest BCUT2D eigenvalue weighted by atomic mass is 32.1. The van der Waals surface area contributed by atoms with Gasteiger partial charge >= 0.3 is 12.2 Å². The average Bonchev–Trinajstić information content (AvgIpc) is 3.25. The maximum Gasteiger partial charge on any atom is 0.437 e. The standard InChI is InChI=1S/C20H19F3N2O5S/c1-3-8-30-12-7-6-11(10-13(12)29-2)16-15(17(26)14-5-4-9-31-14)19(28,20(21,22)23)25-18(27)24-16/h3-7,9-10,15-16,28H,1,8H2,2H3,(H2,24,25,27)/t15-,16-,19-/m0/s1. The summed E-state index contributed by atoms with van der Waals surface area (Å²) in [6.07, 6.45) is -3.82. The van der Waals surface area contributed by atoms with Gasteiger partial charge in [0.25, 0.3) is 0 Å². The Balaban J connectivity index is 2.12. The van der Waals surface area contributed by atoms with Crippen molar-refractivity contribution in [2.24, 2.45) is 5.92 Å². The first-order chi connectivity index (χ1) is 14.6. The normalized spacial score (nSPS) is 23.5. The molecule has 1 aliphatic rings. The molecular weight excluding hydrogens is 437 g/mol. The van der Waals surface area contributed by atoms with Gasteiger partial charge in [0, 0.05) is 0 Å². The quantitative estimate of drug-likeness (QED) is 0.438. The van der Waals surface area contributed by atoms with Crippen molar-refractivity contribution >= 4 is 23.2 Å². The van der Waals surface area contributed by atoms with Gasteiger partial charge in [0.05, 0.1) is 18.0 Å². The van der Waals surface area contributed by atoms with E-state index in [1.807, 2.05) is 0 Å². The number of halogens is 3. The fraction of sp³-hybridized carbons (Fsp3) is 0.300. The van der Waals surface area contributed by atoms with Crippen molar-refractivity contribution in [2.75, 3.05) is 13.7 Å². The summed E-state index contributed by atoms with van der Waals surface area (Å²) in [5.74, 6) is -2.62. The molecule has 1 saturated heterocycles. The molecular formula is C20H19F3N2O5S. The topological polar surface area (TPSA) is 96.9 Å². The molecule has 0 spiro atoms. The van der Waals surface area contributed by atoms with E-state index in [9.17, 15) is 27.9 Å². The van der Waals surface area contributed by atoms with Crippen LogP contribution in [0.15, 0.2) is 48.4 Å². The summed E-state index contributed by atoms with van der Waals surface area (Å²) in [6.45, 7) is 3.69. The van der Waals surface area contributed by atoms with Crippen molar-refractivity contribution in [1.29, 1.82) is 0 Å². The molecule has 3 atom stereocenters. The molecule has 0 radical (unpaired) electrons. The molecule has 3 rings (SSSR count). The molecule has 7 nitrogen and oxygen atoms in total. The predicted octanol–water partition coefficient (Wildman–Crippen LogP) is 3.43. The summed E-state index contributed by atoms with van der Waals surface area (Å²) in [5, 5.41) is 15.9. The Bertz CT molecular complexity index is 980. The fourth-order valence-electron chi connectivity index (χ4n) is 3.33. The number of hydrogen-bond donors (Lipinski definition) is 3. The van der Waals surface area contributed by atoms with Crippen LogP contribution in [0.1, 0.15) is 21.3 Å². The van der Waals surface area contributed by atoms with Crippen LogP contribution < -0.4 is 20.1 Å². The van der Waals surface area contributed by atoms with Crippen LogP contribution in [0, 0.1) is 5.92 Å². The molecule has 166 valence electrons. The molecule has 3 N–H and O–H groups in total. The van der Waals surface area contributed by atoms with Crippen LogP contribution in [-0.4, -0.2) is 42.5 Å². The van der Waals surface area contributed by atoms with E-state index in [4.69, 9.17) is 9.47 Å². The minimum absolute atomic E-state index is 0.00789. The van der Waals surface area contributed by atoms with E-state index in [1.165, 1.54) is 54.2 Å². The molecule has 11 heteroatoms. The van der Waals surface area contributed by atoms with Crippen LogP contribution in [0.25, 0.3) is 0 Å². The maximum atomic E-state index is 13.9. The van der Waals surface area contributed by atoms with Gasteiger partial charge < -0.3 is 25.2 Å². The zero-order chi connectivity index (χ0) is 22.8. The first-order valence-corrected chi connectivity index (χ1v) is 9.87. The number of carbonyl (C=O) groups is 2. The Morgan fingerprint density at radius 2 is 2.10 bits per heavy atom. The SMILES string of the molecule is C=CCOc1ccc([C@@H]2NC(=O)N[C@@](O)(C(F)(F)F)[C@@H]2C(=O)c2cccs2)cc1OC. The van der Waals surface area contributed by atoms with Crippen LogP contribution in [0.3, 0.4) is 0 Å². The minimum atomic E-state index is -5.32. The van der Waals surface area contributed by atoms with Crippen molar-refractivity contribution in [3.8, 4) is 11.5 Å². The number of methoxy groups -OCH3 is 1. The highest BCUT2D eigenvalue weighted by Gasteiger charge is 2.66. The number of amides is 2. The highest BCUT2D eigenvalue weighted by molar-refractivity contribution is 7.12. The lowest BCUT2D eigenvalue weighted by atomic mass is 9.78. The molecule has 2 heterocycles. The number of alkyl halides is 3. The van der Waals surface area contributed by atoms with Crippen molar-refractivity contribution in [3.05, 3.63) is 58.8 Å². The molecule has 2 amide bonds. The summed E-state index contributed by atoms with van der Waals surface area (Å²) < 4.78 is 52.3. The van der Waals surface area contributed by atoms with Gasteiger partial charge in [-0.3, -0.25) is 4.79 Å². The third-order valence-corrected chi connectivity index (χ3v) is 5.64. The number of aliphatic hydroxyl groups is 1. The summed E-state index contributed by atoms with van der Waals surface area (Å²) in [4.78, 5) is 25.1. The molecule has 0 saturated carbocycles. The van der Waals surface area contributed by atoms with Crippen molar-refractivity contribution in [1.82, 2.24) is 10.6 Å². The van der Waals surface area contributed by atoms with Crippen LogP contribution >= 0.6 is 11.3 Å². The third-order valence-electron chi connectivity index (χ3n) is 4.76. The summed E-state index contributed by atoms with van der Waals surface area (Å²) in [5.41, 5.74) is -3.66. The summed E-state index contributed by atoms with van der Waals surface area (Å²) in [6, 6.07) is 4.25. The minimum Gasteiger partial charge on any atom is -0.493 e. The van der Waals surface area contributed by atoms with Gasteiger partial charge in [0.2, 0.25) is 5.72 Å². The van der Waals surface area contributed by atoms with E-state index in [0.717, 1.165) is 11.3 Å². The van der Waals surface area contributed by atoms with Gasteiger partial charge in [0.15, 0.2) is 17.3 Å². The van der Waals surface area contributed by atoms with Crippen LogP contribution in [-0.2, 0) is 0 Å². The molecule has 0 aliphatic carbocycles. The van der Waals surface area contributed by atoms with Gasteiger partial charge in [-0.25, -0.2) is 4.79 Å². The molecule has 1 fully saturated rings. The van der Waals surface area contributed by atoms with Crippen LogP contribution in [0.5, 0.6) is 11.5 Å². The lowest BCUT2D eigenvalue weighted by molar-refractivity contribution is -0.287. The second kappa shape index (κ2) is 8.60. The molecule has 31 heavy (non-hydrogen) atoms. The Hall–Kier alpha value is -3.05. The average molecular weight is 456 g/mol. The van der Waals surface area contributed by atoms with Crippen LogP contribution in [0.4, 0.5) is 18.0 Å². The molecule has 0 bridgehead atoms. The zero-order valence-corrected chi connectivity index (χ0v) is 17.0. The number of benzene rings is 1. The van der Waals surface area contributed by atoms with Crippen LogP contribution in [0.2, 0.25) is 0 Å². The first kappa shape index (κ1) is 22.6. The van der Waals surface area contributed by atoms with Crippen molar-refractivity contribution < 1.29 is 37.3 Å². The Labute approximate surface area is 179 Å². The summed E-state index contributed by atoms with van der Waals surface area (Å²) in [7, 11) is 1.33. The molecule has 0 unspecified atom stereocenters. The number of ketones is 1. The smallest absolute Gasteiger partial charge is 0.437 e. The fourth-order valence-corrected chi connectivity index (χ4v) is 4.04. The lowest BCUT2D eigenvalue weighted by Gasteiger charge is -2.44. The Morgan fingerprint density at radius 1 is 1.35 bits per heavy atom. The van der Waals surface area contributed by atoms with Gasteiger partial charge in [-0.15, -0.1) is 11.3 Å². The number of Topliss-reactive ketones (excluding diaryl/α,β-unsaturated/α-hetero) is 1. The number of nitrogens with one attached hydrogen (secondary N) is 2. The Kier molecular flexibility index (Phi) is 6.27.